The van der Waals surface area contributed by atoms with Gasteiger partial charge in [0.05, 0.1) is 11.0 Å². The van der Waals surface area contributed by atoms with E-state index in [9.17, 15) is 9.90 Å². The molecule has 0 unspecified atom stereocenters. The number of nitrogens with one attached hydrogen (secondary N) is 1. The van der Waals surface area contributed by atoms with Crippen LogP contribution in [0.3, 0.4) is 0 Å². The van der Waals surface area contributed by atoms with Crippen molar-refractivity contribution >= 4 is 17.3 Å². The Morgan fingerprint density at radius 1 is 1.04 bits per heavy atom. The molecule has 5 heteroatoms. The van der Waals surface area contributed by atoms with Gasteiger partial charge in [0.15, 0.2) is 12.0 Å². The van der Waals surface area contributed by atoms with Crippen molar-refractivity contribution in [3.8, 4) is 28.5 Å². The first-order valence-electron chi connectivity index (χ1n) is 7.07. The molecule has 112 valence electrons. The van der Waals surface area contributed by atoms with Crippen LogP contribution in [0.5, 0.6) is 5.75 Å². The molecular weight excluding hydrogens is 292 g/mol. The molecule has 0 spiro atoms. The van der Waals surface area contributed by atoms with Gasteiger partial charge in [-0.25, -0.2) is 4.98 Å². The predicted octanol–water partition coefficient (Wildman–Crippen LogP) is 4.01. The molecule has 0 radical (unpaired) electrons. The van der Waals surface area contributed by atoms with Crippen molar-refractivity contribution in [2.45, 2.75) is 0 Å². The molecule has 0 fully saturated rings. The van der Waals surface area contributed by atoms with Crippen LogP contribution in [0.15, 0.2) is 59.0 Å². The molecule has 2 heterocycles. The van der Waals surface area contributed by atoms with E-state index in [0.29, 0.717) is 23.6 Å². The van der Waals surface area contributed by atoms with E-state index in [2.05, 4.69) is 9.97 Å². The van der Waals surface area contributed by atoms with Crippen molar-refractivity contribution in [3.05, 3.63) is 60.4 Å². The highest BCUT2D eigenvalue weighted by Crippen LogP contribution is 2.28. The van der Waals surface area contributed by atoms with Gasteiger partial charge in [0, 0.05) is 11.1 Å². The van der Waals surface area contributed by atoms with E-state index in [1.54, 1.807) is 30.3 Å². The number of hydrogen-bond acceptors (Lipinski definition) is 4. The predicted molar refractivity (Wildman–Crippen MR) is 86.3 cm³/mol. The van der Waals surface area contributed by atoms with Gasteiger partial charge in [-0.3, -0.25) is 4.79 Å². The molecule has 0 aliphatic carbocycles. The molecule has 0 atom stereocenters. The minimum Gasteiger partial charge on any atom is -0.508 e. The second-order valence-electron chi connectivity index (χ2n) is 5.19. The van der Waals surface area contributed by atoms with Gasteiger partial charge in [-0.1, -0.05) is 12.1 Å². The fourth-order valence-electron chi connectivity index (χ4n) is 2.52. The largest absolute Gasteiger partial charge is 0.508 e. The molecule has 0 amide bonds. The molecular formula is C18H12N2O3. The standard InChI is InChI=1S/C18H12N2O3/c21-10-14-5-7-17(23-14)11-4-6-15-16(9-11)20-18(19-15)12-2-1-3-13(22)8-12/h1-10,22H,(H,19,20). The zero-order valence-corrected chi connectivity index (χ0v) is 12.0. The number of H-pyrrole nitrogens is 1. The van der Waals surface area contributed by atoms with Crippen LogP contribution >= 0.6 is 0 Å². The monoisotopic (exact) mass is 304 g/mol. The normalized spacial score (nSPS) is 11.0. The zero-order valence-electron chi connectivity index (χ0n) is 12.0. The van der Waals surface area contributed by atoms with Crippen LogP contribution in [-0.4, -0.2) is 21.4 Å². The highest BCUT2D eigenvalue weighted by Gasteiger charge is 2.09. The van der Waals surface area contributed by atoms with E-state index < -0.39 is 0 Å². The Kier molecular flexibility index (Phi) is 2.98. The quantitative estimate of drug-likeness (QED) is 0.560. The van der Waals surface area contributed by atoms with Crippen molar-refractivity contribution in [3.63, 3.8) is 0 Å². The first-order chi connectivity index (χ1) is 11.2. The Morgan fingerprint density at radius 2 is 1.96 bits per heavy atom. The minimum absolute atomic E-state index is 0.195. The average Bonchev–Trinajstić information content (AvgIpc) is 3.20. The summed E-state index contributed by atoms with van der Waals surface area (Å²) < 4.78 is 5.44. The maximum absolute atomic E-state index is 10.7. The Hall–Kier alpha value is -3.34. The van der Waals surface area contributed by atoms with Gasteiger partial charge >= 0.3 is 0 Å². The molecule has 2 aromatic heterocycles. The summed E-state index contributed by atoms with van der Waals surface area (Å²) in [6.07, 6.45) is 0.679. The van der Waals surface area contributed by atoms with Crippen LogP contribution < -0.4 is 0 Å². The third-order valence-electron chi connectivity index (χ3n) is 3.63. The van der Waals surface area contributed by atoms with Crippen molar-refractivity contribution in [1.82, 2.24) is 9.97 Å². The molecule has 2 aromatic carbocycles. The first kappa shape index (κ1) is 13.3. The number of aldehydes is 1. The number of aromatic nitrogens is 2. The molecule has 2 N–H and O–H groups in total. The second kappa shape index (κ2) is 5.14. The van der Waals surface area contributed by atoms with E-state index >= 15 is 0 Å². The lowest BCUT2D eigenvalue weighted by molar-refractivity contribution is 0.110. The summed E-state index contributed by atoms with van der Waals surface area (Å²) in [4.78, 5) is 18.5. The van der Waals surface area contributed by atoms with E-state index in [-0.39, 0.29) is 5.75 Å². The number of phenols is 1. The Labute approximate surface area is 131 Å². The molecule has 4 rings (SSSR count). The van der Waals surface area contributed by atoms with Crippen LogP contribution in [0.2, 0.25) is 0 Å². The Bertz CT molecular complexity index is 1010. The molecule has 5 nitrogen and oxygen atoms in total. The number of benzene rings is 2. The highest BCUT2D eigenvalue weighted by atomic mass is 16.3. The fraction of sp³-hybridized carbons (Fsp3) is 0. The number of rotatable bonds is 3. The number of furan rings is 1. The zero-order chi connectivity index (χ0) is 15.8. The number of fused-ring (bicyclic) bond motifs is 1. The molecule has 0 saturated carbocycles. The summed E-state index contributed by atoms with van der Waals surface area (Å²) >= 11 is 0. The van der Waals surface area contributed by atoms with E-state index in [1.165, 1.54) is 0 Å². The lowest BCUT2D eigenvalue weighted by Crippen LogP contribution is -1.79. The van der Waals surface area contributed by atoms with Crippen molar-refractivity contribution < 1.29 is 14.3 Å². The molecule has 0 saturated heterocycles. The van der Waals surface area contributed by atoms with Gasteiger partial charge in [-0.05, 0) is 42.5 Å². The van der Waals surface area contributed by atoms with Gasteiger partial charge in [0.2, 0.25) is 0 Å². The lowest BCUT2D eigenvalue weighted by atomic mass is 10.1. The molecule has 23 heavy (non-hydrogen) atoms. The van der Waals surface area contributed by atoms with Crippen LogP contribution in [0, 0.1) is 0 Å². The maximum Gasteiger partial charge on any atom is 0.185 e. The summed E-state index contributed by atoms with van der Waals surface area (Å²) in [7, 11) is 0. The lowest BCUT2D eigenvalue weighted by Gasteiger charge is -1.97. The van der Waals surface area contributed by atoms with Crippen LogP contribution in [0.4, 0.5) is 0 Å². The number of aromatic hydroxyl groups is 1. The maximum atomic E-state index is 10.7. The fourth-order valence-corrected chi connectivity index (χ4v) is 2.52. The summed E-state index contributed by atoms with van der Waals surface area (Å²) in [5.41, 5.74) is 3.33. The van der Waals surface area contributed by atoms with Crippen LogP contribution in [-0.2, 0) is 0 Å². The SMILES string of the molecule is O=Cc1ccc(-c2ccc3nc(-c4cccc(O)c4)[nH]c3c2)o1. The van der Waals surface area contributed by atoms with Gasteiger partial charge in [0.1, 0.15) is 17.3 Å². The van der Waals surface area contributed by atoms with Gasteiger partial charge in [-0.15, -0.1) is 0 Å². The Balaban J connectivity index is 1.79. The van der Waals surface area contributed by atoms with Crippen molar-refractivity contribution in [1.29, 1.82) is 0 Å². The number of imidazole rings is 1. The number of aromatic amines is 1. The molecule has 4 aromatic rings. The number of hydrogen-bond donors (Lipinski definition) is 2. The Morgan fingerprint density at radius 3 is 2.74 bits per heavy atom. The molecule has 0 aliphatic heterocycles. The number of carbonyl (C=O) groups is 1. The number of phenolic OH excluding ortho intramolecular Hbond substituents is 1. The van der Waals surface area contributed by atoms with Crippen molar-refractivity contribution in [2.75, 3.05) is 0 Å². The average molecular weight is 304 g/mol. The topological polar surface area (TPSA) is 79.1 Å². The van der Waals surface area contributed by atoms with Gasteiger partial charge in [-0.2, -0.15) is 0 Å². The van der Waals surface area contributed by atoms with E-state index in [4.69, 9.17) is 4.42 Å². The van der Waals surface area contributed by atoms with Crippen LogP contribution in [0.25, 0.3) is 33.7 Å². The van der Waals surface area contributed by atoms with E-state index in [1.807, 2.05) is 24.3 Å². The van der Waals surface area contributed by atoms with Crippen LogP contribution in [0.1, 0.15) is 10.6 Å². The summed E-state index contributed by atoms with van der Waals surface area (Å²) in [6, 6.07) is 16.0. The number of carbonyl (C=O) groups excluding carboxylic acids is 1. The smallest absolute Gasteiger partial charge is 0.185 e. The minimum atomic E-state index is 0.195. The highest BCUT2D eigenvalue weighted by molar-refractivity contribution is 5.84. The number of nitrogens with zero attached hydrogens (tertiary/aromatic N) is 1. The molecule has 0 bridgehead atoms. The first-order valence-corrected chi connectivity index (χ1v) is 7.07. The molecule has 0 aliphatic rings. The third kappa shape index (κ3) is 2.38. The third-order valence-corrected chi connectivity index (χ3v) is 3.63. The second-order valence-corrected chi connectivity index (χ2v) is 5.19. The van der Waals surface area contributed by atoms with E-state index in [0.717, 1.165) is 22.2 Å². The van der Waals surface area contributed by atoms with Crippen molar-refractivity contribution in [2.24, 2.45) is 0 Å². The van der Waals surface area contributed by atoms with Gasteiger partial charge in [0.25, 0.3) is 0 Å². The summed E-state index contributed by atoms with van der Waals surface area (Å²) in [6.45, 7) is 0. The summed E-state index contributed by atoms with van der Waals surface area (Å²) in [5.74, 6) is 1.80. The van der Waals surface area contributed by atoms with Gasteiger partial charge < -0.3 is 14.5 Å². The summed E-state index contributed by atoms with van der Waals surface area (Å²) in [5, 5.41) is 9.59.